The number of carbonyl (C=O) groups excluding carboxylic acids is 1. The third kappa shape index (κ3) is 5.59. The Kier molecular flexibility index (Phi) is 7.54. The van der Waals surface area contributed by atoms with Gasteiger partial charge in [0.05, 0.1) is 16.6 Å². The van der Waals surface area contributed by atoms with Gasteiger partial charge in [-0.15, -0.1) is 0 Å². The molecule has 13 heteroatoms. The number of nitrogens with one attached hydrogen (secondary N) is 2. The number of amides is 1. The van der Waals surface area contributed by atoms with Crippen LogP contribution in [0.4, 0.5) is 23.4 Å². The van der Waals surface area contributed by atoms with E-state index < -0.39 is 35.2 Å². The van der Waals surface area contributed by atoms with E-state index in [1.165, 1.54) is 10.6 Å². The van der Waals surface area contributed by atoms with Crippen LogP contribution in [0.15, 0.2) is 51.6 Å². The molecule has 2 N–H and O–H groups in total. The van der Waals surface area contributed by atoms with Crippen LogP contribution in [0, 0.1) is 5.82 Å². The van der Waals surface area contributed by atoms with Crippen LogP contribution in [0.5, 0.6) is 0 Å². The number of allylic oxidation sites excluding steroid dienone is 1. The minimum Gasteiger partial charge on any atom is -0.381 e. The van der Waals surface area contributed by atoms with Gasteiger partial charge in [0.15, 0.2) is 5.82 Å². The number of carbonyl (C=O) groups is 1. The number of pyridine rings is 1. The van der Waals surface area contributed by atoms with Gasteiger partial charge in [-0.1, -0.05) is 13.8 Å². The van der Waals surface area contributed by atoms with E-state index in [2.05, 4.69) is 39.4 Å². The van der Waals surface area contributed by atoms with Gasteiger partial charge < -0.3 is 20.1 Å². The van der Waals surface area contributed by atoms with E-state index in [0.29, 0.717) is 18.2 Å². The average Bonchev–Trinajstić information content (AvgIpc) is 3.01. The summed E-state index contributed by atoms with van der Waals surface area (Å²) in [4.78, 5) is 39.9. The lowest BCUT2D eigenvalue weighted by Gasteiger charge is -2.19. The standard InChI is InChI=1S/C29H31F4N7O2/c1-16(37-22-13-34-15-36-26(41)23(22)29(31,32)33)6-5-8-40-9-7-17-10-19(21(30)11-18(17)27(40)42)24-35-12-20-25(38-24)39(4)14-28(20,2)3/h7,9-13,16,37H,5-6,8,14-15H2,1-4H3,(H,36,41)/t16-/m0/s1. The molecule has 1 amide bonds. The maximum Gasteiger partial charge on any atom is 0.423 e. The Balaban J connectivity index is 1.31. The van der Waals surface area contributed by atoms with E-state index in [1.807, 2.05) is 11.9 Å². The molecule has 0 unspecified atom stereocenters. The maximum atomic E-state index is 15.3. The summed E-state index contributed by atoms with van der Waals surface area (Å²) < 4.78 is 57.1. The van der Waals surface area contributed by atoms with Crippen molar-refractivity contribution in [2.24, 2.45) is 4.99 Å². The molecule has 4 heterocycles. The van der Waals surface area contributed by atoms with E-state index in [1.54, 1.807) is 31.5 Å². The first-order chi connectivity index (χ1) is 19.8. The largest absolute Gasteiger partial charge is 0.423 e. The van der Waals surface area contributed by atoms with E-state index in [0.717, 1.165) is 24.1 Å². The first-order valence-corrected chi connectivity index (χ1v) is 13.5. The fraction of sp³-hybridized carbons (Fsp3) is 0.414. The highest BCUT2D eigenvalue weighted by Crippen LogP contribution is 2.39. The number of aryl methyl sites for hydroxylation is 1. The van der Waals surface area contributed by atoms with Crippen molar-refractivity contribution in [3.05, 3.63) is 63.6 Å². The summed E-state index contributed by atoms with van der Waals surface area (Å²) in [5.74, 6) is -0.864. The summed E-state index contributed by atoms with van der Waals surface area (Å²) in [5.41, 5.74) is -1.04. The molecule has 42 heavy (non-hydrogen) atoms. The van der Waals surface area contributed by atoms with Crippen LogP contribution in [-0.2, 0) is 16.8 Å². The second-order valence-corrected chi connectivity index (χ2v) is 11.4. The molecule has 2 aliphatic heterocycles. The van der Waals surface area contributed by atoms with Crippen LogP contribution in [0.2, 0.25) is 0 Å². The molecule has 0 aliphatic carbocycles. The summed E-state index contributed by atoms with van der Waals surface area (Å²) in [7, 11) is 1.93. The normalized spacial score (nSPS) is 17.3. The third-order valence-corrected chi connectivity index (χ3v) is 7.57. The fourth-order valence-electron chi connectivity index (χ4n) is 5.50. The molecule has 5 rings (SSSR count). The molecular weight excluding hydrogens is 554 g/mol. The Labute approximate surface area is 239 Å². The van der Waals surface area contributed by atoms with Gasteiger partial charge in [0.25, 0.3) is 11.5 Å². The summed E-state index contributed by atoms with van der Waals surface area (Å²) in [6, 6.07) is 4.02. The van der Waals surface area contributed by atoms with Crippen molar-refractivity contribution < 1.29 is 22.4 Å². The SMILES string of the molecule is C[C@@H](CCCn1ccc2cc(-c3ncc4c(n3)N(C)CC4(C)C)c(F)cc2c1=O)NC1=C(C(F)(F)F)C(=O)NCN=C1. The van der Waals surface area contributed by atoms with Gasteiger partial charge in [-0.25, -0.2) is 14.4 Å². The number of fused-ring (bicyclic) bond motifs is 2. The van der Waals surface area contributed by atoms with Crippen molar-refractivity contribution in [1.82, 2.24) is 25.2 Å². The van der Waals surface area contributed by atoms with Crippen LogP contribution in [0.25, 0.3) is 22.2 Å². The average molecular weight is 586 g/mol. The topological polar surface area (TPSA) is 105 Å². The van der Waals surface area contributed by atoms with E-state index in [9.17, 15) is 22.8 Å². The predicted octanol–water partition coefficient (Wildman–Crippen LogP) is 4.06. The van der Waals surface area contributed by atoms with Gasteiger partial charge >= 0.3 is 6.18 Å². The molecule has 0 radical (unpaired) electrons. The second-order valence-electron chi connectivity index (χ2n) is 11.4. The molecule has 0 saturated carbocycles. The van der Waals surface area contributed by atoms with Crippen LogP contribution >= 0.6 is 0 Å². The number of hydrogen-bond donors (Lipinski definition) is 2. The molecule has 0 spiro atoms. The number of rotatable bonds is 7. The number of benzene rings is 1. The van der Waals surface area contributed by atoms with Crippen molar-refractivity contribution in [2.75, 3.05) is 25.2 Å². The van der Waals surface area contributed by atoms with Crippen molar-refractivity contribution in [1.29, 1.82) is 0 Å². The number of alkyl halides is 3. The first-order valence-electron chi connectivity index (χ1n) is 13.5. The van der Waals surface area contributed by atoms with Gasteiger partial charge in [0, 0.05) is 55.8 Å². The molecule has 2 aliphatic rings. The van der Waals surface area contributed by atoms with Crippen LogP contribution in [-0.4, -0.2) is 59.1 Å². The van der Waals surface area contributed by atoms with Gasteiger partial charge in [-0.05, 0) is 43.4 Å². The summed E-state index contributed by atoms with van der Waals surface area (Å²) >= 11 is 0. The summed E-state index contributed by atoms with van der Waals surface area (Å²) in [5, 5.41) is 5.56. The van der Waals surface area contributed by atoms with Gasteiger partial charge in [-0.2, -0.15) is 13.2 Å². The summed E-state index contributed by atoms with van der Waals surface area (Å²) in [6.07, 6.45) is 0.317. The van der Waals surface area contributed by atoms with E-state index >= 15 is 4.39 Å². The molecule has 9 nitrogen and oxygen atoms in total. The molecule has 222 valence electrons. The van der Waals surface area contributed by atoms with Gasteiger partial charge in [-0.3, -0.25) is 14.6 Å². The quantitative estimate of drug-likeness (QED) is 0.406. The highest BCUT2D eigenvalue weighted by molar-refractivity contribution is 6.01. The molecule has 3 aromatic rings. The molecule has 2 aromatic heterocycles. The smallest absolute Gasteiger partial charge is 0.381 e. The molecule has 0 bridgehead atoms. The van der Waals surface area contributed by atoms with Crippen LogP contribution in [0.1, 0.15) is 39.2 Å². The zero-order valence-corrected chi connectivity index (χ0v) is 23.6. The second kappa shape index (κ2) is 10.8. The number of aromatic nitrogens is 3. The Hall–Kier alpha value is -4.29. The number of aliphatic imine (C=N–C) groups is 1. The van der Waals surface area contributed by atoms with E-state index in [-0.39, 0.29) is 41.0 Å². The highest BCUT2D eigenvalue weighted by Gasteiger charge is 2.42. The van der Waals surface area contributed by atoms with Crippen molar-refractivity contribution in [3.8, 4) is 11.4 Å². The Morgan fingerprint density at radius 3 is 2.71 bits per heavy atom. The van der Waals surface area contributed by atoms with Crippen molar-refractivity contribution >= 4 is 28.7 Å². The Morgan fingerprint density at radius 1 is 1.21 bits per heavy atom. The molecular formula is C29H31F4N7O2. The zero-order chi connectivity index (χ0) is 30.4. The lowest BCUT2D eigenvalue weighted by atomic mass is 9.89. The van der Waals surface area contributed by atoms with Gasteiger partial charge in [0.2, 0.25) is 0 Å². The number of likely N-dealkylation sites (N-methyl/N-ethyl adjacent to an activating group) is 1. The predicted molar refractivity (Wildman–Crippen MR) is 152 cm³/mol. The molecule has 0 saturated heterocycles. The first kappa shape index (κ1) is 29.2. The molecule has 1 aromatic carbocycles. The number of hydrogen-bond acceptors (Lipinski definition) is 7. The number of anilines is 1. The number of halogens is 4. The Morgan fingerprint density at radius 2 is 1.98 bits per heavy atom. The minimum absolute atomic E-state index is 0.118. The number of nitrogens with zero attached hydrogens (tertiary/aromatic N) is 5. The third-order valence-electron chi connectivity index (χ3n) is 7.57. The van der Waals surface area contributed by atoms with Crippen molar-refractivity contribution in [2.45, 2.75) is 57.8 Å². The molecule has 0 fully saturated rings. The lowest BCUT2D eigenvalue weighted by molar-refractivity contribution is -0.130. The molecule has 1 atom stereocenters. The Bertz CT molecular complexity index is 1680. The zero-order valence-electron chi connectivity index (χ0n) is 23.6. The minimum atomic E-state index is -4.85. The maximum absolute atomic E-state index is 15.3. The highest BCUT2D eigenvalue weighted by atomic mass is 19.4. The lowest BCUT2D eigenvalue weighted by Crippen LogP contribution is -2.36. The van der Waals surface area contributed by atoms with Crippen LogP contribution < -0.4 is 21.1 Å². The van der Waals surface area contributed by atoms with E-state index in [4.69, 9.17) is 0 Å². The fourth-order valence-corrected chi connectivity index (χ4v) is 5.50. The monoisotopic (exact) mass is 585 g/mol. The van der Waals surface area contributed by atoms with Crippen molar-refractivity contribution in [3.63, 3.8) is 0 Å². The van der Waals surface area contributed by atoms with Gasteiger partial charge in [0.1, 0.15) is 23.9 Å². The summed E-state index contributed by atoms with van der Waals surface area (Å²) in [6.45, 7) is 6.67. The van der Waals surface area contributed by atoms with Crippen LogP contribution in [0.3, 0.4) is 0 Å².